The first-order valence-corrected chi connectivity index (χ1v) is 6.83. The fraction of sp³-hybridized carbons (Fsp3) is 0.545. The molecule has 1 aromatic rings. The summed E-state index contributed by atoms with van der Waals surface area (Å²) in [7, 11) is 0. The predicted octanol–water partition coefficient (Wildman–Crippen LogP) is 2.98. The summed E-state index contributed by atoms with van der Waals surface area (Å²) in [5.41, 5.74) is 8.06. The number of hydrogen-bond acceptors (Lipinski definition) is 6. The average Bonchev–Trinajstić information content (AvgIpc) is 2.39. The highest BCUT2D eigenvalue weighted by Gasteiger charge is 2.34. The van der Waals surface area contributed by atoms with Gasteiger partial charge in [-0.15, -0.1) is 0 Å². The van der Waals surface area contributed by atoms with Crippen molar-refractivity contribution < 1.29 is 9.53 Å². The SMILES string of the molecule is CCOC(=O)C(C)(C)c1cnc(SC)nc1N=[N+]=[N-]. The van der Waals surface area contributed by atoms with E-state index in [0.717, 1.165) is 0 Å². The minimum atomic E-state index is -0.976. The van der Waals surface area contributed by atoms with Gasteiger partial charge in [-0.1, -0.05) is 11.8 Å². The van der Waals surface area contributed by atoms with E-state index in [0.29, 0.717) is 10.7 Å². The van der Waals surface area contributed by atoms with Gasteiger partial charge in [0, 0.05) is 16.7 Å². The Hall–Kier alpha value is -1.79. The maximum atomic E-state index is 12.0. The summed E-state index contributed by atoms with van der Waals surface area (Å²) in [6.45, 7) is 5.37. The van der Waals surface area contributed by atoms with Gasteiger partial charge in [-0.3, -0.25) is 4.79 Å². The fourth-order valence-electron chi connectivity index (χ4n) is 1.44. The number of rotatable bonds is 5. The normalized spacial score (nSPS) is 10.7. The Kier molecular flexibility index (Phi) is 5.14. The minimum absolute atomic E-state index is 0.153. The molecule has 0 saturated carbocycles. The number of esters is 1. The lowest BCUT2D eigenvalue weighted by molar-refractivity contribution is -0.148. The van der Waals surface area contributed by atoms with E-state index in [9.17, 15) is 4.79 Å². The van der Waals surface area contributed by atoms with Crippen LogP contribution in [0.4, 0.5) is 5.82 Å². The highest BCUT2D eigenvalue weighted by atomic mass is 32.2. The molecule has 0 atom stereocenters. The maximum Gasteiger partial charge on any atom is 0.316 e. The zero-order chi connectivity index (χ0) is 14.5. The van der Waals surface area contributed by atoms with Crippen LogP contribution in [-0.2, 0) is 14.9 Å². The van der Waals surface area contributed by atoms with E-state index >= 15 is 0 Å². The molecule has 0 saturated heterocycles. The Balaban J connectivity index is 3.32. The van der Waals surface area contributed by atoms with Crippen molar-refractivity contribution in [3.05, 3.63) is 22.2 Å². The van der Waals surface area contributed by atoms with Gasteiger partial charge in [0.1, 0.15) is 5.82 Å². The lowest BCUT2D eigenvalue weighted by atomic mass is 9.86. The van der Waals surface area contributed by atoms with Crippen molar-refractivity contribution in [2.75, 3.05) is 12.9 Å². The first-order valence-electron chi connectivity index (χ1n) is 5.61. The van der Waals surface area contributed by atoms with Crippen LogP contribution < -0.4 is 0 Å². The summed E-state index contributed by atoms with van der Waals surface area (Å²) in [4.78, 5) is 22.9. The Morgan fingerprint density at radius 1 is 1.63 bits per heavy atom. The molecule has 102 valence electrons. The molecule has 1 rings (SSSR count). The van der Waals surface area contributed by atoms with Gasteiger partial charge in [-0.25, -0.2) is 9.97 Å². The first kappa shape index (κ1) is 15.3. The molecule has 0 spiro atoms. The van der Waals surface area contributed by atoms with Gasteiger partial charge < -0.3 is 4.74 Å². The van der Waals surface area contributed by atoms with Crippen LogP contribution in [0.3, 0.4) is 0 Å². The van der Waals surface area contributed by atoms with Crippen LogP contribution in [-0.4, -0.2) is 28.8 Å². The van der Waals surface area contributed by atoms with Gasteiger partial charge in [-0.2, -0.15) is 0 Å². The lowest BCUT2D eigenvalue weighted by Crippen LogP contribution is -2.31. The molecule has 0 aliphatic rings. The largest absolute Gasteiger partial charge is 0.465 e. The Morgan fingerprint density at radius 3 is 2.84 bits per heavy atom. The quantitative estimate of drug-likeness (QED) is 0.206. The number of azide groups is 1. The van der Waals surface area contributed by atoms with Crippen LogP contribution in [0.15, 0.2) is 16.5 Å². The number of thioether (sulfide) groups is 1. The summed E-state index contributed by atoms with van der Waals surface area (Å²) in [5.74, 6) is -0.259. The van der Waals surface area contributed by atoms with E-state index in [2.05, 4.69) is 20.0 Å². The number of hydrogen-bond donors (Lipinski definition) is 0. The maximum absolute atomic E-state index is 12.0. The third-order valence-corrected chi connectivity index (χ3v) is 3.09. The molecule has 1 heterocycles. The van der Waals surface area contributed by atoms with Gasteiger partial charge in [0.2, 0.25) is 0 Å². The zero-order valence-electron chi connectivity index (χ0n) is 11.2. The third-order valence-electron chi connectivity index (χ3n) is 2.53. The van der Waals surface area contributed by atoms with Gasteiger partial charge in [-0.05, 0) is 37.7 Å². The smallest absolute Gasteiger partial charge is 0.316 e. The van der Waals surface area contributed by atoms with Crippen LogP contribution in [0.2, 0.25) is 0 Å². The molecule has 0 fully saturated rings. The van der Waals surface area contributed by atoms with Crippen molar-refractivity contribution in [1.82, 2.24) is 9.97 Å². The topological polar surface area (TPSA) is 101 Å². The van der Waals surface area contributed by atoms with E-state index in [1.54, 1.807) is 20.8 Å². The van der Waals surface area contributed by atoms with Crippen molar-refractivity contribution in [1.29, 1.82) is 0 Å². The molecular formula is C11H15N5O2S. The second-order valence-corrected chi connectivity index (χ2v) is 4.90. The minimum Gasteiger partial charge on any atom is -0.465 e. The van der Waals surface area contributed by atoms with Crippen molar-refractivity contribution in [3.8, 4) is 0 Å². The number of nitrogens with zero attached hydrogens (tertiary/aromatic N) is 5. The van der Waals surface area contributed by atoms with Crippen molar-refractivity contribution >= 4 is 23.5 Å². The molecule has 0 aromatic carbocycles. The summed E-state index contributed by atoms with van der Waals surface area (Å²) in [5, 5.41) is 4.01. The van der Waals surface area contributed by atoms with Crippen LogP contribution >= 0.6 is 11.8 Å². The summed E-state index contributed by atoms with van der Waals surface area (Å²) < 4.78 is 5.02. The van der Waals surface area contributed by atoms with Gasteiger partial charge >= 0.3 is 5.97 Å². The van der Waals surface area contributed by atoms with E-state index in [1.807, 2.05) is 6.26 Å². The molecule has 8 heteroatoms. The van der Waals surface area contributed by atoms with Crippen LogP contribution in [0.5, 0.6) is 0 Å². The number of aromatic nitrogens is 2. The van der Waals surface area contributed by atoms with Crippen molar-refractivity contribution in [2.45, 2.75) is 31.3 Å². The van der Waals surface area contributed by atoms with Gasteiger partial charge in [0.15, 0.2) is 5.16 Å². The zero-order valence-corrected chi connectivity index (χ0v) is 12.1. The van der Waals surface area contributed by atoms with Crippen LogP contribution in [0, 0.1) is 0 Å². The number of carbonyl (C=O) groups excluding carboxylic acids is 1. The molecule has 19 heavy (non-hydrogen) atoms. The summed E-state index contributed by atoms with van der Waals surface area (Å²) in [6, 6.07) is 0. The molecule has 7 nitrogen and oxygen atoms in total. The highest BCUT2D eigenvalue weighted by molar-refractivity contribution is 7.98. The molecule has 0 unspecified atom stereocenters. The Morgan fingerprint density at radius 2 is 2.32 bits per heavy atom. The van der Waals surface area contributed by atoms with Crippen molar-refractivity contribution in [3.63, 3.8) is 0 Å². The average molecular weight is 281 g/mol. The predicted molar refractivity (Wildman–Crippen MR) is 72.3 cm³/mol. The molecule has 0 amide bonds. The lowest BCUT2D eigenvalue weighted by Gasteiger charge is -2.23. The molecule has 0 aliphatic heterocycles. The van der Waals surface area contributed by atoms with Crippen LogP contribution in [0.1, 0.15) is 26.3 Å². The van der Waals surface area contributed by atoms with E-state index in [1.165, 1.54) is 18.0 Å². The van der Waals surface area contributed by atoms with Gasteiger partial charge in [0.25, 0.3) is 0 Å². The van der Waals surface area contributed by atoms with Crippen LogP contribution in [0.25, 0.3) is 10.4 Å². The molecule has 0 bridgehead atoms. The second kappa shape index (κ2) is 6.40. The Labute approximate surface area is 115 Å². The standard InChI is InChI=1S/C11H15N5O2S/c1-5-18-9(17)11(2,3)7-6-13-10(19-4)14-8(7)15-16-12/h6H,5H2,1-4H3. The van der Waals surface area contributed by atoms with Crippen molar-refractivity contribution in [2.24, 2.45) is 5.11 Å². The molecule has 1 aromatic heterocycles. The second-order valence-electron chi connectivity index (χ2n) is 4.13. The molecular weight excluding hydrogens is 266 g/mol. The third kappa shape index (κ3) is 3.36. The van der Waals surface area contributed by atoms with E-state index in [-0.39, 0.29) is 12.4 Å². The van der Waals surface area contributed by atoms with E-state index < -0.39 is 11.4 Å². The monoisotopic (exact) mass is 281 g/mol. The number of ether oxygens (including phenoxy) is 1. The first-order chi connectivity index (χ1) is 8.97. The summed E-state index contributed by atoms with van der Waals surface area (Å²) in [6.07, 6.45) is 3.31. The van der Waals surface area contributed by atoms with E-state index in [4.69, 9.17) is 10.3 Å². The fourth-order valence-corrected chi connectivity index (χ4v) is 1.77. The number of carbonyl (C=O) groups is 1. The Bertz CT molecular complexity index is 526. The molecule has 0 aliphatic carbocycles. The van der Waals surface area contributed by atoms with Gasteiger partial charge in [0.05, 0.1) is 12.0 Å². The molecule has 0 N–H and O–H groups in total. The molecule has 0 radical (unpaired) electrons. The highest BCUT2D eigenvalue weighted by Crippen LogP contribution is 2.32. The summed E-state index contributed by atoms with van der Waals surface area (Å²) >= 11 is 1.33.